The lowest BCUT2D eigenvalue weighted by molar-refractivity contribution is -0.133. The summed E-state index contributed by atoms with van der Waals surface area (Å²) in [6, 6.07) is 8.17. The lowest BCUT2D eigenvalue weighted by Gasteiger charge is -2.34. The summed E-state index contributed by atoms with van der Waals surface area (Å²) in [4.78, 5) is 35.6. The van der Waals surface area contributed by atoms with Crippen LogP contribution < -0.4 is 10.2 Å². The monoisotopic (exact) mass is 543 g/mol. The summed E-state index contributed by atoms with van der Waals surface area (Å²) in [5.41, 5.74) is 3.98. The molecule has 2 amide bonds. The molecule has 0 bridgehead atoms. The predicted octanol–water partition coefficient (Wildman–Crippen LogP) is 1.45. The lowest BCUT2D eigenvalue weighted by Crippen LogP contribution is -2.50. The number of hydrogen-bond donors (Lipinski definition) is 2. The molecule has 208 valence electrons. The first kappa shape index (κ1) is 26.0. The maximum Gasteiger partial charge on any atom is 0.244 e. The molecule has 2 fully saturated rings. The molecule has 0 radical (unpaired) electrons. The number of nitrogens with zero attached hydrogens (tertiary/aromatic N) is 7. The van der Waals surface area contributed by atoms with Crippen LogP contribution in [0.5, 0.6) is 0 Å². The number of amides is 2. The van der Waals surface area contributed by atoms with Crippen molar-refractivity contribution in [2.45, 2.75) is 13.5 Å². The average molecular weight is 544 g/mol. The Balaban J connectivity index is 1.21. The Bertz CT molecular complexity index is 1550. The van der Waals surface area contributed by atoms with E-state index in [2.05, 4.69) is 37.6 Å². The Morgan fingerprint density at radius 3 is 2.75 bits per heavy atom. The van der Waals surface area contributed by atoms with Crippen molar-refractivity contribution in [2.24, 2.45) is 0 Å². The number of carbonyl (C=O) groups excluding carboxylic acids is 2. The fourth-order valence-corrected chi connectivity index (χ4v) is 5.31. The molecular formula is C28H33N9O3. The standard InChI is InChI=1S/C28H33N9O3/c1-2-4-25(38)29-17-26(39)35-9-7-34(8-10-35)18-20-15-24-28(36-11-13-40-14-12-36)31-27(33-37(24)19-20)21-5-3-6-23-22(21)16-30-32-23/h2-6,15-16,19H,7-14,17-18H2,1H3,(H,29,38)(H,30,32)/b4-2-. The number of piperazine rings is 1. The van der Waals surface area contributed by atoms with Crippen LogP contribution in [-0.4, -0.2) is 105 Å². The van der Waals surface area contributed by atoms with Gasteiger partial charge >= 0.3 is 0 Å². The number of hydrogen-bond acceptors (Lipinski definition) is 8. The van der Waals surface area contributed by atoms with Crippen molar-refractivity contribution < 1.29 is 14.3 Å². The van der Waals surface area contributed by atoms with Gasteiger partial charge in [-0.25, -0.2) is 9.50 Å². The first-order valence-electron chi connectivity index (χ1n) is 13.6. The molecule has 0 aliphatic carbocycles. The lowest BCUT2D eigenvalue weighted by atomic mass is 10.1. The predicted molar refractivity (Wildman–Crippen MR) is 151 cm³/mol. The van der Waals surface area contributed by atoms with Gasteiger partial charge in [-0.3, -0.25) is 19.6 Å². The Morgan fingerprint density at radius 2 is 1.95 bits per heavy atom. The number of carbonyl (C=O) groups is 2. The molecule has 6 rings (SSSR count). The summed E-state index contributed by atoms with van der Waals surface area (Å²) >= 11 is 0. The number of fused-ring (bicyclic) bond motifs is 2. The molecule has 1 aromatic carbocycles. The van der Waals surface area contributed by atoms with Gasteiger partial charge in [0.15, 0.2) is 11.6 Å². The number of ether oxygens (including phenoxy) is 1. The van der Waals surface area contributed by atoms with Crippen LogP contribution in [0.1, 0.15) is 12.5 Å². The van der Waals surface area contributed by atoms with E-state index in [1.54, 1.807) is 13.0 Å². The zero-order chi connectivity index (χ0) is 27.5. The molecule has 2 saturated heterocycles. The molecule has 2 aliphatic rings. The molecule has 2 N–H and O–H groups in total. The quantitative estimate of drug-likeness (QED) is 0.336. The Morgan fingerprint density at radius 1 is 1.12 bits per heavy atom. The molecule has 4 aromatic rings. The second kappa shape index (κ2) is 11.4. The van der Waals surface area contributed by atoms with Crippen LogP contribution in [0.3, 0.4) is 0 Å². The topological polar surface area (TPSA) is 124 Å². The maximum atomic E-state index is 12.5. The van der Waals surface area contributed by atoms with Gasteiger partial charge in [-0.1, -0.05) is 18.2 Å². The third-order valence-electron chi connectivity index (χ3n) is 7.40. The summed E-state index contributed by atoms with van der Waals surface area (Å²) < 4.78 is 7.54. The molecule has 0 atom stereocenters. The SMILES string of the molecule is C/C=C\C(=O)NCC(=O)N1CCN(Cc2cc3c(N4CCOCC4)nc(-c4cccc5[nH]ncc45)nn3c2)CC1. The van der Waals surface area contributed by atoms with Gasteiger partial charge in [0.1, 0.15) is 5.52 Å². The van der Waals surface area contributed by atoms with Crippen LogP contribution in [0.25, 0.3) is 27.8 Å². The van der Waals surface area contributed by atoms with E-state index in [0.717, 1.165) is 66.1 Å². The number of aromatic nitrogens is 5. The second-order valence-electron chi connectivity index (χ2n) is 10.0. The second-order valence-corrected chi connectivity index (χ2v) is 10.0. The van der Waals surface area contributed by atoms with E-state index < -0.39 is 0 Å². The van der Waals surface area contributed by atoms with Crippen LogP contribution in [0.2, 0.25) is 0 Å². The number of rotatable bonds is 7. The van der Waals surface area contributed by atoms with Gasteiger partial charge in [-0.15, -0.1) is 5.10 Å². The number of morpholine rings is 1. The third-order valence-corrected chi connectivity index (χ3v) is 7.40. The van der Waals surface area contributed by atoms with Crippen molar-refractivity contribution in [2.75, 3.05) is 63.9 Å². The minimum absolute atomic E-state index is 0.0198. The van der Waals surface area contributed by atoms with E-state index in [4.69, 9.17) is 14.8 Å². The van der Waals surface area contributed by atoms with E-state index in [1.165, 1.54) is 6.08 Å². The van der Waals surface area contributed by atoms with E-state index >= 15 is 0 Å². The van der Waals surface area contributed by atoms with Crippen LogP contribution in [0.15, 0.2) is 48.8 Å². The first-order chi connectivity index (χ1) is 19.6. The summed E-state index contributed by atoms with van der Waals surface area (Å²) in [5.74, 6) is 1.24. The van der Waals surface area contributed by atoms with E-state index in [9.17, 15) is 9.59 Å². The number of aromatic amines is 1. The molecule has 12 heteroatoms. The Labute approximate surface area is 231 Å². The maximum absolute atomic E-state index is 12.5. The van der Waals surface area contributed by atoms with Crippen molar-refractivity contribution >= 4 is 34.1 Å². The number of H-pyrrole nitrogens is 1. The fraction of sp³-hybridized carbons (Fsp3) is 0.393. The molecule has 5 heterocycles. The van der Waals surface area contributed by atoms with E-state index in [0.29, 0.717) is 32.1 Å². The number of benzene rings is 1. The molecule has 2 aliphatic heterocycles. The van der Waals surface area contributed by atoms with Crippen molar-refractivity contribution in [3.05, 3.63) is 54.4 Å². The smallest absolute Gasteiger partial charge is 0.244 e. The number of allylic oxidation sites excluding steroid dienone is 1. The van der Waals surface area contributed by atoms with E-state index in [1.807, 2.05) is 33.8 Å². The van der Waals surface area contributed by atoms with Gasteiger partial charge in [0.2, 0.25) is 11.8 Å². The minimum Gasteiger partial charge on any atom is -0.378 e. The third kappa shape index (κ3) is 5.40. The van der Waals surface area contributed by atoms with Gasteiger partial charge in [0.05, 0.1) is 31.5 Å². The first-order valence-corrected chi connectivity index (χ1v) is 13.6. The minimum atomic E-state index is -0.251. The van der Waals surface area contributed by atoms with Crippen molar-refractivity contribution in [3.8, 4) is 11.4 Å². The highest BCUT2D eigenvalue weighted by Gasteiger charge is 2.23. The Hall–Kier alpha value is -4.29. The highest BCUT2D eigenvalue weighted by Crippen LogP contribution is 2.29. The van der Waals surface area contributed by atoms with Gasteiger partial charge in [-0.05, 0) is 30.7 Å². The summed E-state index contributed by atoms with van der Waals surface area (Å²) in [5, 5.41) is 15.8. The van der Waals surface area contributed by atoms with E-state index in [-0.39, 0.29) is 18.4 Å². The largest absolute Gasteiger partial charge is 0.378 e. The fourth-order valence-electron chi connectivity index (χ4n) is 5.31. The van der Waals surface area contributed by atoms with Crippen LogP contribution >= 0.6 is 0 Å². The molecule has 3 aromatic heterocycles. The molecule has 40 heavy (non-hydrogen) atoms. The summed E-state index contributed by atoms with van der Waals surface area (Å²) in [6.45, 7) is 8.19. The molecule has 0 spiro atoms. The van der Waals surface area contributed by atoms with Crippen LogP contribution in [0, 0.1) is 0 Å². The van der Waals surface area contributed by atoms with Crippen molar-refractivity contribution in [1.29, 1.82) is 0 Å². The normalized spacial score (nSPS) is 16.8. The van der Waals surface area contributed by atoms with Gasteiger partial charge < -0.3 is 19.9 Å². The van der Waals surface area contributed by atoms with Crippen LogP contribution in [0.4, 0.5) is 5.82 Å². The van der Waals surface area contributed by atoms with Crippen molar-refractivity contribution in [3.63, 3.8) is 0 Å². The van der Waals surface area contributed by atoms with Gasteiger partial charge in [-0.2, -0.15) is 5.10 Å². The zero-order valence-corrected chi connectivity index (χ0v) is 22.5. The van der Waals surface area contributed by atoms with Gasteiger partial charge in [0.25, 0.3) is 0 Å². The molecular weight excluding hydrogens is 510 g/mol. The molecule has 0 unspecified atom stereocenters. The highest BCUT2D eigenvalue weighted by atomic mass is 16.5. The number of anilines is 1. The zero-order valence-electron chi connectivity index (χ0n) is 22.5. The summed E-state index contributed by atoms with van der Waals surface area (Å²) in [7, 11) is 0. The number of nitrogens with one attached hydrogen (secondary N) is 2. The molecule has 0 saturated carbocycles. The van der Waals surface area contributed by atoms with Gasteiger partial charge in [0, 0.05) is 63.0 Å². The molecule has 12 nitrogen and oxygen atoms in total. The highest BCUT2D eigenvalue weighted by molar-refractivity contribution is 5.93. The van der Waals surface area contributed by atoms with Crippen LogP contribution in [-0.2, 0) is 20.9 Å². The Kier molecular flexibility index (Phi) is 7.43. The average Bonchev–Trinajstić information content (AvgIpc) is 3.63. The van der Waals surface area contributed by atoms with Crippen molar-refractivity contribution in [1.82, 2.24) is 39.9 Å². The summed E-state index contributed by atoms with van der Waals surface area (Å²) in [6.07, 6.45) is 6.96.